The molecule has 1 aromatic carbocycles. The van der Waals surface area contributed by atoms with Gasteiger partial charge in [0.25, 0.3) is 0 Å². The lowest BCUT2D eigenvalue weighted by Crippen LogP contribution is -2.04. The number of hydrogen-bond acceptors (Lipinski definition) is 2. The molecule has 2 heteroatoms. The Hall–Kier alpha value is -0.860. The van der Waals surface area contributed by atoms with E-state index in [-0.39, 0.29) is 6.10 Å². The number of ether oxygens (including phenoxy) is 1. The smallest absolute Gasteiger partial charge is 0.111 e. The van der Waals surface area contributed by atoms with Gasteiger partial charge >= 0.3 is 0 Å². The fourth-order valence-corrected chi connectivity index (χ4v) is 1.31. The van der Waals surface area contributed by atoms with Crippen LogP contribution in [0.15, 0.2) is 24.3 Å². The molecule has 0 aliphatic carbocycles. The summed E-state index contributed by atoms with van der Waals surface area (Å²) in [5.41, 5.74) is 2.13. The average molecular weight is 164 g/mol. The van der Waals surface area contributed by atoms with Crippen molar-refractivity contribution >= 4 is 0 Å². The van der Waals surface area contributed by atoms with Crippen molar-refractivity contribution in [3.8, 4) is 0 Å². The minimum atomic E-state index is -0.440. The molecule has 0 spiro atoms. The average Bonchev–Trinajstić information content (AvgIpc) is 2.85. The highest BCUT2D eigenvalue weighted by Gasteiger charge is 2.32. The van der Waals surface area contributed by atoms with Crippen LogP contribution in [0.4, 0.5) is 0 Å². The second kappa shape index (κ2) is 2.88. The van der Waals surface area contributed by atoms with E-state index in [1.165, 1.54) is 5.56 Å². The van der Waals surface area contributed by atoms with Gasteiger partial charge in [0, 0.05) is 0 Å². The molecule has 12 heavy (non-hydrogen) atoms. The van der Waals surface area contributed by atoms with Crippen LogP contribution in [0.3, 0.4) is 0 Å². The molecule has 1 fully saturated rings. The van der Waals surface area contributed by atoms with Gasteiger partial charge in [-0.15, -0.1) is 0 Å². The first-order valence-corrected chi connectivity index (χ1v) is 4.13. The Labute approximate surface area is 71.8 Å². The topological polar surface area (TPSA) is 32.8 Å². The highest BCUT2D eigenvalue weighted by Crippen LogP contribution is 2.27. The van der Waals surface area contributed by atoms with Gasteiger partial charge < -0.3 is 9.84 Å². The van der Waals surface area contributed by atoms with Gasteiger partial charge in [-0.1, -0.05) is 29.8 Å². The summed E-state index contributed by atoms with van der Waals surface area (Å²) in [4.78, 5) is 0. The van der Waals surface area contributed by atoms with E-state index in [2.05, 4.69) is 0 Å². The summed E-state index contributed by atoms with van der Waals surface area (Å²) in [6.07, 6.45) is -0.406. The van der Waals surface area contributed by atoms with Crippen molar-refractivity contribution in [3.63, 3.8) is 0 Å². The third-order valence-electron chi connectivity index (χ3n) is 2.09. The van der Waals surface area contributed by atoms with Gasteiger partial charge in [-0.2, -0.15) is 0 Å². The van der Waals surface area contributed by atoms with Crippen molar-refractivity contribution in [2.45, 2.75) is 19.1 Å². The predicted octanol–water partition coefficient (Wildman–Crippen LogP) is 1.43. The molecule has 2 nitrogen and oxygen atoms in total. The number of epoxide rings is 1. The summed E-state index contributed by atoms with van der Waals surface area (Å²) in [5, 5.41) is 9.66. The molecule has 1 aliphatic heterocycles. The van der Waals surface area contributed by atoms with E-state index in [9.17, 15) is 5.11 Å². The Balaban J connectivity index is 2.20. The lowest BCUT2D eigenvalue weighted by Gasteiger charge is -2.07. The van der Waals surface area contributed by atoms with Crippen molar-refractivity contribution < 1.29 is 9.84 Å². The van der Waals surface area contributed by atoms with Crippen LogP contribution in [0.2, 0.25) is 0 Å². The summed E-state index contributed by atoms with van der Waals surface area (Å²) in [6.45, 7) is 2.71. The summed E-state index contributed by atoms with van der Waals surface area (Å²) in [6, 6.07) is 7.89. The number of aliphatic hydroxyl groups excluding tert-OH is 1. The van der Waals surface area contributed by atoms with Crippen LogP contribution in [0.25, 0.3) is 0 Å². The van der Waals surface area contributed by atoms with Crippen LogP contribution in [0, 0.1) is 6.92 Å². The molecule has 0 aromatic heterocycles. The maximum absolute atomic E-state index is 9.66. The fraction of sp³-hybridized carbons (Fsp3) is 0.400. The van der Waals surface area contributed by atoms with Crippen molar-refractivity contribution in [1.29, 1.82) is 0 Å². The van der Waals surface area contributed by atoms with Crippen LogP contribution in [0.1, 0.15) is 17.2 Å². The number of aliphatic hydroxyl groups is 1. The van der Waals surface area contributed by atoms with Crippen LogP contribution in [-0.2, 0) is 4.74 Å². The molecule has 1 heterocycles. The lowest BCUT2D eigenvalue weighted by molar-refractivity contribution is 0.137. The number of aryl methyl sites for hydroxylation is 1. The van der Waals surface area contributed by atoms with E-state index >= 15 is 0 Å². The molecule has 0 bridgehead atoms. The molecular weight excluding hydrogens is 152 g/mol. The standard InChI is InChI=1S/C10H12O2/c1-7-3-2-4-8(5-7)10(11)9-6-12-9/h2-5,9-11H,6H2,1H3/t9-,10-/m1/s1. The first kappa shape index (κ1) is 7.77. The van der Waals surface area contributed by atoms with Gasteiger partial charge in [0.2, 0.25) is 0 Å². The van der Waals surface area contributed by atoms with Gasteiger partial charge in [-0.05, 0) is 12.5 Å². The minimum Gasteiger partial charge on any atom is -0.386 e. The molecule has 2 rings (SSSR count). The molecule has 64 valence electrons. The Bertz CT molecular complexity index is 279. The summed E-state index contributed by atoms with van der Waals surface area (Å²) in [5.74, 6) is 0. The predicted molar refractivity (Wildman–Crippen MR) is 45.9 cm³/mol. The zero-order chi connectivity index (χ0) is 8.55. The lowest BCUT2D eigenvalue weighted by atomic mass is 10.1. The Morgan fingerprint density at radius 2 is 2.33 bits per heavy atom. The summed E-state index contributed by atoms with van der Waals surface area (Å²) >= 11 is 0. The molecule has 0 saturated carbocycles. The molecule has 1 N–H and O–H groups in total. The number of benzene rings is 1. The van der Waals surface area contributed by atoms with E-state index in [1.54, 1.807) is 0 Å². The van der Waals surface area contributed by atoms with Gasteiger partial charge in [0.05, 0.1) is 6.61 Å². The molecule has 0 amide bonds. The molecule has 0 unspecified atom stereocenters. The first-order chi connectivity index (χ1) is 5.77. The van der Waals surface area contributed by atoms with Crippen molar-refractivity contribution in [2.75, 3.05) is 6.61 Å². The maximum atomic E-state index is 9.66. The largest absolute Gasteiger partial charge is 0.386 e. The monoisotopic (exact) mass is 164 g/mol. The van der Waals surface area contributed by atoms with Crippen LogP contribution in [0.5, 0.6) is 0 Å². The summed E-state index contributed by atoms with van der Waals surface area (Å²) < 4.78 is 5.01. The fourth-order valence-electron chi connectivity index (χ4n) is 1.31. The molecule has 2 atom stereocenters. The molecular formula is C10H12O2. The van der Waals surface area contributed by atoms with E-state index < -0.39 is 6.10 Å². The van der Waals surface area contributed by atoms with Crippen LogP contribution >= 0.6 is 0 Å². The Kier molecular flexibility index (Phi) is 1.87. The first-order valence-electron chi connectivity index (χ1n) is 4.13. The second-order valence-electron chi connectivity index (χ2n) is 3.23. The minimum absolute atomic E-state index is 0.0341. The zero-order valence-corrected chi connectivity index (χ0v) is 7.03. The third-order valence-corrected chi connectivity index (χ3v) is 2.09. The quantitative estimate of drug-likeness (QED) is 0.671. The highest BCUT2D eigenvalue weighted by atomic mass is 16.6. The van der Waals surface area contributed by atoms with Crippen LogP contribution < -0.4 is 0 Å². The second-order valence-corrected chi connectivity index (χ2v) is 3.23. The van der Waals surface area contributed by atoms with E-state index in [0.717, 1.165) is 5.56 Å². The SMILES string of the molecule is Cc1cccc([C@@H](O)[C@H]2CO2)c1. The molecule has 1 aliphatic rings. The van der Waals surface area contributed by atoms with Crippen molar-refractivity contribution in [1.82, 2.24) is 0 Å². The maximum Gasteiger partial charge on any atom is 0.111 e. The van der Waals surface area contributed by atoms with Crippen molar-refractivity contribution in [3.05, 3.63) is 35.4 Å². The Morgan fingerprint density at radius 3 is 2.92 bits per heavy atom. The van der Waals surface area contributed by atoms with Gasteiger partial charge in [0.15, 0.2) is 0 Å². The zero-order valence-electron chi connectivity index (χ0n) is 7.03. The highest BCUT2D eigenvalue weighted by molar-refractivity contribution is 5.25. The number of rotatable bonds is 2. The van der Waals surface area contributed by atoms with Gasteiger partial charge in [0.1, 0.15) is 12.2 Å². The molecule has 1 saturated heterocycles. The van der Waals surface area contributed by atoms with Crippen LogP contribution in [-0.4, -0.2) is 17.8 Å². The normalized spacial score (nSPS) is 23.7. The third kappa shape index (κ3) is 1.49. The molecule has 0 radical (unpaired) electrons. The van der Waals surface area contributed by atoms with Gasteiger partial charge in [-0.25, -0.2) is 0 Å². The van der Waals surface area contributed by atoms with E-state index in [4.69, 9.17) is 4.74 Å². The Morgan fingerprint density at radius 1 is 1.58 bits per heavy atom. The van der Waals surface area contributed by atoms with E-state index in [0.29, 0.717) is 6.61 Å². The summed E-state index contributed by atoms with van der Waals surface area (Å²) in [7, 11) is 0. The van der Waals surface area contributed by atoms with E-state index in [1.807, 2.05) is 31.2 Å². The van der Waals surface area contributed by atoms with Crippen molar-refractivity contribution in [2.24, 2.45) is 0 Å². The van der Waals surface area contributed by atoms with Gasteiger partial charge in [-0.3, -0.25) is 0 Å². The number of hydrogen-bond donors (Lipinski definition) is 1. The molecule has 1 aromatic rings.